The van der Waals surface area contributed by atoms with Crippen LogP contribution >= 0.6 is 0 Å². The summed E-state index contributed by atoms with van der Waals surface area (Å²) < 4.78 is 52.7. The molecule has 2 aromatic rings. The van der Waals surface area contributed by atoms with Gasteiger partial charge in [-0.3, -0.25) is 0 Å². The second-order valence-corrected chi connectivity index (χ2v) is 17.9. The third-order valence-electron chi connectivity index (χ3n) is 14.6. The van der Waals surface area contributed by atoms with Crippen LogP contribution in [0.5, 0.6) is 34.5 Å². The Hall–Kier alpha value is -2.92. The molecule has 10 heteroatoms. The van der Waals surface area contributed by atoms with E-state index in [1.807, 2.05) is 27.7 Å². The number of phenolic OH excluding ortho intramolecular Hbond substituents is 2. The van der Waals surface area contributed by atoms with E-state index in [1.165, 1.54) is 0 Å². The van der Waals surface area contributed by atoms with Crippen LogP contribution in [0.15, 0.2) is 0 Å². The van der Waals surface area contributed by atoms with Crippen LogP contribution < -0.4 is 18.9 Å². The van der Waals surface area contributed by atoms with E-state index in [2.05, 4.69) is 27.7 Å². The second-order valence-electron chi connectivity index (χ2n) is 17.9. The van der Waals surface area contributed by atoms with Crippen molar-refractivity contribution in [2.24, 2.45) is 47.3 Å². The number of hydrogen-bond acceptors (Lipinski definition) is 10. The van der Waals surface area contributed by atoms with E-state index in [1.54, 1.807) is 0 Å². The maximum absolute atomic E-state index is 12.4. The van der Waals surface area contributed by atoms with Gasteiger partial charge in [0.25, 0.3) is 0 Å². The molecule has 276 valence electrons. The molecule has 4 fully saturated rings. The molecule has 12 atom stereocenters. The number of phenols is 2. The summed E-state index contributed by atoms with van der Waals surface area (Å²) in [6, 6.07) is 0. The van der Waals surface area contributed by atoms with E-state index in [-0.39, 0.29) is 65.3 Å². The number of benzene rings is 2. The van der Waals surface area contributed by atoms with Crippen molar-refractivity contribution >= 4 is 0 Å². The van der Waals surface area contributed by atoms with Crippen LogP contribution in [-0.4, -0.2) is 59.8 Å². The molecule has 0 spiro atoms. The standard InChI is InChI=1S/C41H52O10/c1-18-14-44-38(5)28(18)10-24-32(42)22(34-26(36(24)50-38)12-30-20(3)16-46-40(30,7)48-34)9-23-33(43)25-11-29-19(2)15-45-39(29,6)51-37(25)27-13-31-21(4)17-47-41(31,8)49-35(23)27/h18-21,28-31,42-43H,9-17H2,1-8H3. The van der Waals surface area contributed by atoms with Gasteiger partial charge in [0.2, 0.25) is 23.1 Å². The van der Waals surface area contributed by atoms with Crippen molar-refractivity contribution in [1.29, 1.82) is 0 Å². The summed E-state index contributed by atoms with van der Waals surface area (Å²) in [4.78, 5) is 0. The molecule has 0 amide bonds. The number of aromatic hydroxyl groups is 2. The zero-order valence-electron chi connectivity index (χ0n) is 31.1. The minimum Gasteiger partial charge on any atom is -0.507 e. The lowest BCUT2D eigenvalue weighted by Crippen LogP contribution is -2.47. The average molecular weight is 705 g/mol. The SMILES string of the molecule is CC1COC2(C)Oc3c(c(O)c(Cc4c(O)c5c(c6c4OC4(C)OCC(C)C4C6)OC4(C)OCC(C)C4C5)c4c3CC3C(C)COC3(C)O4)CC12. The van der Waals surface area contributed by atoms with Gasteiger partial charge in [0.15, 0.2) is 0 Å². The molecule has 8 aliphatic rings. The molecule has 0 bridgehead atoms. The van der Waals surface area contributed by atoms with Gasteiger partial charge in [-0.05, 0) is 49.4 Å². The number of ether oxygens (including phenoxy) is 8. The Labute approximate surface area is 300 Å². The molecule has 10 rings (SSSR count). The van der Waals surface area contributed by atoms with Gasteiger partial charge in [-0.2, -0.15) is 0 Å². The molecule has 51 heavy (non-hydrogen) atoms. The molecule has 8 heterocycles. The summed E-state index contributed by atoms with van der Waals surface area (Å²) in [6.07, 6.45) is 2.78. The second kappa shape index (κ2) is 10.4. The van der Waals surface area contributed by atoms with Crippen molar-refractivity contribution in [2.75, 3.05) is 26.4 Å². The Kier molecular flexibility index (Phi) is 6.66. The number of hydrogen-bond donors (Lipinski definition) is 2. The van der Waals surface area contributed by atoms with Crippen molar-refractivity contribution < 1.29 is 48.1 Å². The monoisotopic (exact) mass is 704 g/mol. The van der Waals surface area contributed by atoms with Crippen LogP contribution in [0.3, 0.4) is 0 Å². The normalized spacial score (nSPS) is 43.9. The summed E-state index contributed by atoms with van der Waals surface area (Å²) in [5, 5.41) is 24.9. The molecule has 12 unspecified atom stereocenters. The average Bonchev–Trinajstić information content (AvgIpc) is 3.76. The summed E-state index contributed by atoms with van der Waals surface area (Å²) in [6.45, 7) is 19.2. The number of fused-ring (bicyclic) bond motifs is 10. The maximum atomic E-state index is 12.4. The predicted octanol–water partition coefficient (Wildman–Crippen LogP) is 6.42. The van der Waals surface area contributed by atoms with Crippen molar-refractivity contribution in [1.82, 2.24) is 0 Å². The predicted molar refractivity (Wildman–Crippen MR) is 184 cm³/mol. The fourth-order valence-electron chi connectivity index (χ4n) is 11.3. The fourth-order valence-corrected chi connectivity index (χ4v) is 11.3. The van der Waals surface area contributed by atoms with Crippen LogP contribution in [0.1, 0.15) is 88.8 Å². The van der Waals surface area contributed by atoms with E-state index in [9.17, 15) is 10.2 Å². The highest BCUT2D eigenvalue weighted by atomic mass is 16.7. The van der Waals surface area contributed by atoms with Gasteiger partial charge >= 0.3 is 0 Å². The minimum absolute atomic E-state index is 0.0824. The van der Waals surface area contributed by atoms with Crippen LogP contribution in [0, 0.1) is 47.3 Å². The molecule has 0 saturated carbocycles. The van der Waals surface area contributed by atoms with Gasteiger partial charge in [0, 0.05) is 91.2 Å². The van der Waals surface area contributed by atoms with Gasteiger partial charge in [0.1, 0.15) is 34.5 Å². The summed E-state index contributed by atoms with van der Waals surface area (Å²) in [7, 11) is 0. The van der Waals surface area contributed by atoms with E-state index in [4.69, 9.17) is 37.9 Å². The Bertz CT molecular complexity index is 1730. The summed E-state index contributed by atoms with van der Waals surface area (Å²) in [5.41, 5.74) is 4.65. The van der Waals surface area contributed by atoms with Gasteiger partial charge in [0.05, 0.1) is 26.4 Å². The highest BCUT2D eigenvalue weighted by Gasteiger charge is 2.58. The van der Waals surface area contributed by atoms with Crippen molar-refractivity contribution in [3.63, 3.8) is 0 Å². The first-order chi connectivity index (χ1) is 24.1. The van der Waals surface area contributed by atoms with E-state index in [0.29, 0.717) is 86.2 Å². The zero-order valence-corrected chi connectivity index (χ0v) is 31.1. The van der Waals surface area contributed by atoms with Crippen molar-refractivity contribution in [3.05, 3.63) is 33.4 Å². The first-order valence-corrected chi connectivity index (χ1v) is 19.2. The molecular weight excluding hydrogens is 652 g/mol. The van der Waals surface area contributed by atoms with E-state index in [0.717, 1.165) is 22.3 Å². The highest BCUT2D eigenvalue weighted by molar-refractivity contribution is 5.70. The lowest BCUT2D eigenvalue weighted by atomic mass is 9.75. The maximum Gasteiger partial charge on any atom is 0.211 e. The molecule has 10 nitrogen and oxygen atoms in total. The van der Waals surface area contributed by atoms with Gasteiger partial charge in [-0.15, -0.1) is 0 Å². The minimum atomic E-state index is -0.861. The third kappa shape index (κ3) is 4.30. The zero-order chi connectivity index (χ0) is 35.6. The molecular formula is C41H52O10. The van der Waals surface area contributed by atoms with Crippen LogP contribution in [-0.2, 0) is 51.1 Å². The van der Waals surface area contributed by atoms with Gasteiger partial charge < -0.3 is 48.1 Å². The lowest BCUT2D eigenvalue weighted by Gasteiger charge is -2.44. The first-order valence-electron chi connectivity index (χ1n) is 19.2. The fraction of sp³-hybridized carbons (Fsp3) is 0.707. The molecule has 4 saturated heterocycles. The molecule has 0 radical (unpaired) electrons. The Morgan fingerprint density at radius 3 is 1.04 bits per heavy atom. The van der Waals surface area contributed by atoms with E-state index < -0.39 is 23.1 Å². The first kappa shape index (κ1) is 32.7. The van der Waals surface area contributed by atoms with Crippen molar-refractivity contribution in [3.8, 4) is 34.5 Å². The topological polar surface area (TPSA) is 114 Å². The van der Waals surface area contributed by atoms with E-state index >= 15 is 0 Å². The molecule has 8 aliphatic heterocycles. The summed E-state index contributed by atoms with van der Waals surface area (Å²) in [5.74, 6) is 0.927. The Morgan fingerprint density at radius 1 is 0.451 bits per heavy atom. The van der Waals surface area contributed by atoms with Crippen LogP contribution in [0.25, 0.3) is 0 Å². The summed E-state index contributed by atoms with van der Waals surface area (Å²) >= 11 is 0. The van der Waals surface area contributed by atoms with Gasteiger partial charge in [-0.25, -0.2) is 0 Å². The van der Waals surface area contributed by atoms with Gasteiger partial charge in [-0.1, -0.05) is 27.7 Å². The Morgan fingerprint density at radius 2 is 0.725 bits per heavy atom. The Balaban J connectivity index is 1.17. The van der Waals surface area contributed by atoms with Crippen LogP contribution in [0.2, 0.25) is 0 Å². The largest absolute Gasteiger partial charge is 0.507 e. The lowest BCUT2D eigenvalue weighted by molar-refractivity contribution is -0.174. The quantitative estimate of drug-likeness (QED) is 0.363. The molecule has 0 aromatic heterocycles. The molecule has 0 aliphatic carbocycles. The molecule has 2 aromatic carbocycles. The van der Waals surface area contributed by atoms with Crippen molar-refractivity contribution in [2.45, 2.75) is 111 Å². The smallest absolute Gasteiger partial charge is 0.211 e. The molecule has 2 N–H and O–H groups in total. The highest BCUT2D eigenvalue weighted by Crippen LogP contribution is 2.61. The van der Waals surface area contributed by atoms with Crippen LogP contribution in [0.4, 0.5) is 0 Å². The number of rotatable bonds is 2. The third-order valence-corrected chi connectivity index (χ3v) is 14.6.